The number of hydrogen-bond donors (Lipinski definition) is 2. The highest BCUT2D eigenvalue weighted by molar-refractivity contribution is 5.55. The average molecular weight is 205 g/mol. The highest BCUT2D eigenvalue weighted by atomic mass is 16.7. The van der Waals surface area contributed by atoms with Gasteiger partial charge in [-0.2, -0.15) is 0 Å². The van der Waals surface area contributed by atoms with E-state index in [-0.39, 0.29) is 0 Å². The molecule has 0 bridgehead atoms. The number of benzene rings is 1. The highest BCUT2D eigenvalue weighted by Gasteiger charge is 2.08. The molecule has 1 aromatic carbocycles. The van der Waals surface area contributed by atoms with Crippen molar-refractivity contribution in [2.24, 2.45) is 5.84 Å². The second-order valence-corrected chi connectivity index (χ2v) is 3.45. The lowest BCUT2D eigenvalue weighted by atomic mass is 10.0. The lowest BCUT2D eigenvalue weighted by Gasteiger charge is -2.24. The summed E-state index contributed by atoms with van der Waals surface area (Å²) in [6, 6.07) is 8.39. The smallest absolute Gasteiger partial charge is 0.0873 e. The zero-order chi connectivity index (χ0) is 10.5. The molecule has 3 N–H and O–H groups in total. The van der Waals surface area contributed by atoms with Gasteiger partial charge in [-0.05, 0) is 17.2 Å². The SMILES string of the molecule is NNOCCN1C=Cc2ccccc2C1. The molecule has 0 saturated heterocycles. The predicted octanol–water partition coefficient (Wildman–Crippen LogP) is 0.868. The van der Waals surface area contributed by atoms with Crippen molar-refractivity contribution in [3.8, 4) is 0 Å². The van der Waals surface area contributed by atoms with Crippen molar-refractivity contribution < 1.29 is 4.84 Å². The molecule has 0 saturated carbocycles. The van der Waals surface area contributed by atoms with Crippen molar-refractivity contribution >= 4 is 6.08 Å². The molecule has 0 atom stereocenters. The van der Waals surface area contributed by atoms with Gasteiger partial charge in [-0.25, -0.2) is 5.84 Å². The standard InChI is InChI=1S/C11H15N3O/c12-13-15-8-7-14-6-5-10-3-1-2-4-11(10)9-14/h1-6,13H,7-9,12H2. The number of hydrazine groups is 1. The number of nitrogens with two attached hydrogens (primary N) is 1. The van der Waals surface area contributed by atoms with Gasteiger partial charge in [0.05, 0.1) is 6.61 Å². The van der Waals surface area contributed by atoms with Gasteiger partial charge in [0.15, 0.2) is 0 Å². The Kier molecular flexibility index (Phi) is 3.34. The van der Waals surface area contributed by atoms with Crippen LogP contribution >= 0.6 is 0 Å². The van der Waals surface area contributed by atoms with E-state index in [1.165, 1.54) is 11.1 Å². The van der Waals surface area contributed by atoms with Gasteiger partial charge in [0.2, 0.25) is 0 Å². The summed E-state index contributed by atoms with van der Waals surface area (Å²) in [5.41, 5.74) is 4.82. The van der Waals surface area contributed by atoms with Crippen LogP contribution in [0.4, 0.5) is 0 Å². The molecule has 0 radical (unpaired) electrons. The molecule has 0 aliphatic carbocycles. The zero-order valence-electron chi connectivity index (χ0n) is 8.52. The second kappa shape index (κ2) is 4.93. The third-order valence-electron chi connectivity index (χ3n) is 2.46. The molecule has 0 amide bonds. The number of hydrogen-bond acceptors (Lipinski definition) is 4. The van der Waals surface area contributed by atoms with E-state index in [1.54, 1.807) is 0 Å². The summed E-state index contributed by atoms with van der Waals surface area (Å²) in [5, 5.41) is 0. The molecular formula is C11H15N3O. The van der Waals surface area contributed by atoms with Crippen LogP contribution in [0, 0.1) is 0 Å². The Labute approximate surface area is 89.2 Å². The van der Waals surface area contributed by atoms with Crippen LogP contribution in [-0.4, -0.2) is 18.1 Å². The molecule has 1 heterocycles. The van der Waals surface area contributed by atoms with Crippen LogP contribution in [0.25, 0.3) is 6.08 Å². The Bertz CT molecular complexity index is 351. The fourth-order valence-electron chi connectivity index (χ4n) is 1.67. The molecule has 1 aliphatic rings. The number of nitrogens with zero attached hydrogens (tertiary/aromatic N) is 1. The molecule has 0 spiro atoms. The van der Waals surface area contributed by atoms with Crippen LogP contribution in [0.3, 0.4) is 0 Å². The van der Waals surface area contributed by atoms with E-state index in [2.05, 4.69) is 47.0 Å². The summed E-state index contributed by atoms with van der Waals surface area (Å²) in [5.74, 6) is 5.01. The monoisotopic (exact) mass is 205 g/mol. The first kappa shape index (κ1) is 10.2. The van der Waals surface area contributed by atoms with E-state index in [0.29, 0.717) is 6.61 Å². The van der Waals surface area contributed by atoms with Crippen molar-refractivity contribution in [1.82, 2.24) is 10.5 Å². The topological polar surface area (TPSA) is 50.5 Å². The van der Waals surface area contributed by atoms with Gasteiger partial charge in [-0.15, -0.1) is 5.59 Å². The Morgan fingerprint density at radius 1 is 1.40 bits per heavy atom. The van der Waals surface area contributed by atoms with E-state index < -0.39 is 0 Å². The molecule has 80 valence electrons. The molecule has 4 heteroatoms. The molecule has 0 fully saturated rings. The Hall–Kier alpha value is -1.36. The highest BCUT2D eigenvalue weighted by Crippen LogP contribution is 2.18. The minimum atomic E-state index is 0.572. The number of fused-ring (bicyclic) bond motifs is 1. The lowest BCUT2D eigenvalue weighted by Crippen LogP contribution is -2.29. The third kappa shape index (κ3) is 2.56. The first-order valence-corrected chi connectivity index (χ1v) is 4.98. The summed E-state index contributed by atoms with van der Waals surface area (Å²) in [4.78, 5) is 7.07. The maximum absolute atomic E-state index is 5.01. The first-order valence-electron chi connectivity index (χ1n) is 4.98. The van der Waals surface area contributed by atoms with E-state index in [9.17, 15) is 0 Å². The molecule has 0 aromatic heterocycles. The minimum absolute atomic E-state index is 0.572. The van der Waals surface area contributed by atoms with Crippen molar-refractivity contribution in [3.05, 3.63) is 41.6 Å². The molecule has 15 heavy (non-hydrogen) atoms. The quantitative estimate of drug-likeness (QED) is 0.435. The van der Waals surface area contributed by atoms with Crippen molar-refractivity contribution in [1.29, 1.82) is 0 Å². The zero-order valence-corrected chi connectivity index (χ0v) is 8.52. The van der Waals surface area contributed by atoms with Crippen LogP contribution in [0.1, 0.15) is 11.1 Å². The first-order chi connectivity index (χ1) is 7.40. The normalized spacial score (nSPS) is 14.1. The van der Waals surface area contributed by atoms with E-state index in [0.717, 1.165) is 13.1 Å². The fourth-order valence-corrected chi connectivity index (χ4v) is 1.67. The fraction of sp³-hybridized carbons (Fsp3) is 0.273. The van der Waals surface area contributed by atoms with Crippen LogP contribution < -0.4 is 11.4 Å². The van der Waals surface area contributed by atoms with Gasteiger partial charge < -0.3 is 4.90 Å². The summed E-state index contributed by atoms with van der Waals surface area (Å²) < 4.78 is 0. The van der Waals surface area contributed by atoms with Gasteiger partial charge in [-0.3, -0.25) is 4.84 Å². The van der Waals surface area contributed by atoms with Crippen LogP contribution in [0.2, 0.25) is 0 Å². The summed E-state index contributed by atoms with van der Waals surface area (Å²) in [6.07, 6.45) is 4.21. The van der Waals surface area contributed by atoms with Crippen molar-refractivity contribution in [3.63, 3.8) is 0 Å². The van der Waals surface area contributed by atoms with Gasteiger partial charge >= 0.3 is 0 Å². The molecular weight excluding hydrogens is 190 g/mol. The molecule has 2 rings (SSSR count). The third-order valence-corrected chi connectivity index (χ3v) is 2.46. The molecule has 1 aromatic rings. The Morgan fingerprint density at radius 2 is 2.27 bits per heavy atom. The van der Waals surface area contributed by atoms with Crippen molar-refractivity contribution in [2.45, 2.75) is 6.54 Å². The minimum Gasteiger partial charge on any atom is -0.371 e. The van der Waals surface area contributed by atoms with Crippen LogP contribution in [0.15, 0.2) is 30.5 Å². The lowest BCUT2D eigenvalue weighted by molar-refractivity contribution is 0.0312. The van der Waals surface area contributed by atoms with Crippen LogP contribution in [0.5, 0.6) is 0 Å². The summed E-state index contributed by atoms with van der Waals surface area (Å²) >= 11 is 0. The van der Waals surface area contributed by atoms with E-state index in [1.807, 2.05) is 0 Å². The van der Waals surface area contributed by atoms with Gasteiger partial charge in [0, 0.05) is 19.3 Å². The Morgan fingerprint density at radius 3 is 3.13 bits per heavy atom. The largest absolute Gasteiger partial charge is 0.371 e. The van der Waals surface area contributed by atoms with E-state index in [4.69, 9.17) is 10.7 Å². The average Bonchev–Trinajstić information content (AvgIpc) is 2.29. The number of nitrogens with one attached hydrogen (secondary N) is 1. The summed E-state index contributed by atoms with van der Waals surface area (Å²) in [6.45, 7) is 2.33. The van der Waals surface area contributed by atoms with Gasteiger partial charge in [0.1, 0.15) is 0 Å². The predicted molar refractivity (Wildman–Crippen MR) is 59.2 cm³/mol. The van der Waals surface area contributed by atoms with Crippen molar-refractivity contribution in [2.75, 3.05) is 13.2 Å². The van der Waals surface area contributed by atoms with Crippen LogP contribution in [-0.2, 0) is 11.4 Å². The number of rotatable bonds is 4. The van der Waals surface area contributed by atoms with E-state index >= 15 is 0 Å². The maximum atomic E-state index is 5.01. The van der Waals surface area contributed by atoms with Gasteiger partial charge in [-0.1, -0.05) is 24.3 Å². The van der Waals surface area contributed by atoms with Gasteiger partial charge in [0.25, 0.3) is 0 Å². The molecule has 1 aliphatic heterocycles. The molecule has 4 nitrogen and oxygen atoms in total. The Balaban J connectivity index is 1.94. The summed E-state index contributed by atoms with van der Waals surface area (Å²) in [7, 11) is 0. The molecule has 0 unspecified atom stereocenters. The maximum Gasteiger partial charge on any atom is 0.0873 e. The second-order valence-electron chi connectivity index (χ2n) is 3.45.